The number of rotatable bonds is 4. The van der Waals surface area contributed by atoms with Crippen LogP contribution in [-0.4, -0.2) is 6.04 Å². The molecular weight excluding hydrogens is 208 g/mol. The summed E-state index contributed by atoms with van der Waals surface area (Å²) in [6.45, 7) is 4.33. The predicted molar refractivity (Wildman–Crippen MR) is 72.7 cm³/mol. The van der Waals surface area contributed by atoms with Gasteiger partial charge in [0.15, 0.2) is 0 Å². The van der Waals surface area contributed by atoms with Gasteiger partial charge in [-0.05, 0) is 44.6 Å². The van der Waals surface area contributed by atoms with Crippen molar-refractivity contribution in [1.29, 1.82) is 0 Å². The van der Waals surface area contributed by atoms with Crippen LogP contribution in [0.15, 0.2) is 18.2 Å². The minimum atomic E-state index is 0.443. The van der Waals surface area contributed by atoms with Crippen LogP contribution in [0.25, 0.3) is 0 Å². The lowest BCUT2D eigenvalue weighted by molar-refractivity contribution is 0.361. The van der Waals surface area contributed by atoms with Gasteiger partial charge in [-0.2, -0.15) is 0 Å². The van der Waals surface area contributed by atoms with Gasteiger partial charge in [0, 0.05) is 6.04 Å². The van der Waals surface area contributed by atoms with Crippen LogP contribution in [-0.2, 0) is 6.42 Å². The zero-order valence-corrected chi connectivity index (χ0v) is 11.0. The van der Waals surface area contributed by atoms with E-state index in [1.807, 2.05) is 0 Å². The summed E-state index contributed by atoms with van der Waals surface area (Å²) in [5.74, 6) is 6.49. The Morgan fingerprint density at radius 3 is 2.29 bits per heavy atom. The van der Waals surface area contributed by atoms with Crippen LogP contribution in [0, 0.1) is 19.8 Å². The maximum absolute atomic E-state index is 5.73. The lowest BCUT2D eigenvalue weighted by Crippen LogP contribution is -2.41. The zero-order chi connectivity index (χ0) is 12.3. The standard InChI is InChI=1S/C15H24N2/c1-11-7-12(2)9-13(8-11)10-15(17-16)14-5-3-4-6-14/h7-9,14-15,17H,3-6,10,16H2,1-2H3. The molecule has 1 saturated carbocycles. The third kappa shape index (κ3) is 3.30. The minimum Gasteiger partial charge on any atom is -0.271 e. The van der Waals surface area contributed by atoms with Gasteiger partial charge in [-0.3, -0.25) is 11.3 Å². The van der Waals surface area contributed by atoms with Crippen molar-refractivity contribution in [2.75, 3.05) is 0 Å². The predicted octanol–water partition coefficient (Wildman–Crippen LogP) is 2.87. The van der Waals surface area contributed by atoms with Gasteiger partial charge in [-0.1, -0.05) is 42.2 Å². The third-order valence-electron chi connectivity index (χ3n) is 3.92. The molecule has 17 heavy (non-hydrogen) atoms. The Kier molecular flexibility index (Phi) is 4.19. The zero-order valence-electron chi connectivity index (χ0n) is 11.0. The molecule has 1 aliphatic rings. The van der Waals surface area contributed by atoms with Gasteiger partial charge in [0.05, 0.1) is 0 Å². The van der Waals surface area contributed by atoms with Crippen LogP contribution in [0.2, 0.25) is 0 Å². The number of hydrazine groups is 1. The number of hydrogen-bond donors (Lipinski definition) is 2. The van der Waals surface area contributed by atoms with Crippen LogP contribution in [0.1, 0.15) is 42.4 Å². The highest BCUT2D eigenvalue weighted by Gasteiger charge is 2.24. The van der Waals surface area contributed by atoms with E-state index in [-0.39, 0.29) is 0 Å². The number of aryl methyl sites for hydroxylation is 2. The number of benzene rings is 1. The SMILES string of the molecule is Cc1cc(C)cc(CC(NN)C2CCCC2)c1. The van der Waals surface area contributed by atoms with Crippen LogP contribution < -0.4 is 11.3 Å². The first-order valence-electron chi connectivity index (χ1n) is 6.72. The Morgan fingerprint density at radius 1 is 1.18 bits per heavy atom. The molecule has 1 unspecified atom stereocenters. The molecule has 0 bridgehead atoms. The Morgan fingerprint density at radius 2 is 1.76 bits per heavy atom. The van der Waals surface area contributed by atoms with Crippen molar-refractivity contribution in [1.82, 2.24) is 5.43 Å². The molecule has 0 heterocycles. The van der Waals surface area contributed by atoms with Gasteiger partial charge in [0.2, 0.25) is 0 Å². The Balaban J connectivity index is 2.06. The summed E-state index contributed by atoms with van der Waals surface area (Å²) in [5.41, 5.74) is 7.14. The molecule has 2 nitrogen and oxygen atoms in total. The molecule has 94 valence electrons. The van der Waals surface area contributed by atoms with E-state index >= 15 is 0 Å². The first kappa shape index (κ1) is 12.6. The maximum atomic E-state index is 5.73. The molecule has 0 aromatic heterocycles. The first-order valence-corrected chi connectivity index (χ1v) is 6.72. The number of nitrogens with one attached hydrogen (secondary N) is 1. The van der Waals surface area contributed by atoms with Crippen molar-refractivity contribution in [2.24, 2.45) is 11.8 Å². The Hall–Kier alpha value is -0.860. The molecule has 1 aliphatic carbocycles. The normalized spacial score (nSPS) is 18.5. The summed E-state index contributed by atoms with van der Waals surface area (Å²) in [6, 6.07) is 7.24. The lowest BCUT2D eigenvalue weighted by atomic mass is 9.91. The van der Waals surface area contributed by atoms with Gasteiger partial charge < -0.3 is 0 Å². The molecule has 0 amide bonds. The fraction of sp³-hybridized carbons (Fsp3) is 0.600. The van der Waals surface area contributed by atoms with Gasteiger partial charge in [-0.15, -0.1) is 0 Å². The van der Waals surface area contributed by atoms with E-state index < -0.39 is 0 Å². The van der Waals surface area contributed by atoms with Crippen molar-refractivity contribution in [2.45, 2.75) is 52.0 Å². The van der Waals surface area contributed by atoms with E-state index in [4.69, 9.17) is 5.84 Å². The minimum absolute atomic E-state index is 0.443. The van der Waals surface area contributed by atoms with Gasteiger partial charge >= 0.3 is 0 Å². The molecule has 0 aliphatic heterocycles. The second kappa shape index (κ2) is 5.65. The van der Waals surface area contributed by atoms with Crippen molar-refractivity contribution in [3.8, 4) is 0 Å². The van der Waals surface area contributed by atoms with Gasteiger partial charge in [0.1, 0.15) is 0 Å². The van der Waals surface area contributed by atoms with E-state index in [9.17, 15) is 0 Å². The van der Waals surface area contributed by atoms with E-state index in [0.29, 0.717) is 6.04 Å². The molecule has 1 fully saturated rings. The van der Waals surface area contributed by atoms with Gasteiger partial charge in [0.25, 0.3) is 0 Å². The van der Waals surface area contributed by atoms with Crippen LogP contribution >= 0.6 is 0 Å². The topological polar surface area (TPSA) is 38.0 Å². The third-order valence-corrected chi connectivity index (χ3v) is 3.92. The average Bonchev–Trinajstić information content (AvgIpc) is 2.77. The first-order chi connectivity index (χ1) is 8.19. The summed E-state index contributed by atoms with van der Waals surface area (Å²) in [6.07, 6.45) is 6.47. The van der Waals surface area contributed by atoms with Crippen molar-refractivity contribution >= 4 is 0 Å². The van der Waals surface area contributed by atoms with Crippen molar-refractivity contribution in [3.05, 3.63) is 34.9 Å². The molecule has 0 saturated heterocycles. The number of nitrogens with two attached hydrogens (primary N) is 1. The molecule has 2 rings (SSSR count). The summed E-state index contributed by atoms with van der Waals surface area (Å²) >= 11 is 0. The van der Waals surface area contributed by atoms with E-state index in [2.05, 4.69) is 37.5 Å². The molecule has 3 N–H and O–H groups in total. The van der Waals surface area contributed by atoms with E-state index in [0.717, 1.165) is 12.3 Å². The molecule has 2 heteroatoms. The highest BCUT2D eigenvalue weighted by atomic mass is 15.2. The molecule has 1 aromatic rings. The monoisotopic (exact) mass is 232 g/mol. The summed E-state index contributed by atoms with van der Waals surface area (Å²) in [5, 5.41) is 0. The second-order valence-corrected chi connectivity index (χ2v) is 5.52. The highest BCUT2D eigenvalue weighted by Crippen LogP contribution is 2.29. The van der Waals surface area contributed by atoms with Crippen LogP contribution in [0.5, 0.6) is 0 Å². The molecule has 1 aromatic carbocycles. The van der Waals surface area contributed by atoms with E-state index in [1.165, 1.54) is 42.4 Å². The Bertz CT molecular complexity index is 347. The maximum Gasteiger partial charge on any atom is 0.0279 e. The van der Waals surface area contributed by atoms with E-state index in [1.54, 1.807) is 0 Å². The van der Waals surface area contributed by atoms with Gasteiger partial charge in [-0.25, -0.2) is 0 Å². The summed E-state index contributed by atoms with van der Waals surface area (Å²) in [7, 11) is 0. The quantitative estimate of drug-likeness (QED) is 0.619. The fourth-order valence-corrected chi connectivity index (χ4v) is 3.16. The molecule has 0 radical (unpaired) electrons. The Labute approximate surface area is 105 Å². The van der Waals surface area contributed by atoms with Crippen LogP contribution in [0.4, 0.5) is 0 Å². The number of hydrogen-bond acceptors (Lipinski definition) is 2. The molecule has 0 spiro atoms. The second-order valence-electron chi connectivity index (χ2n) is 5.52. The smallest absolute Gasteiger partial charge is 0.0279 e. The summed E-state index contributed by atoms with van der Waals surface area (Å²) < 4.78 is 0. The summed E-state index contributed by atoms with van der Waals surface area (Å²) in [4.78, 5) is 0. The van der Waals surface area contributed by atoms with Crippen molar-refractivity contribution < 1.29 is 0 Å². The molecule has 1 atom stereocenters. The van der Waals surface area contributed by atoms with Crippen molar-refractivity contribution in [3.63, 3.8) is 0 Å². The lowest BCUT2D eigenvalue weighted by Gasteiger charge is -2.23. The average molecular weight is 232 g/mol. The van der Waals surface area contributed by atoms with Crippen LogP contribution in [0.3, 0.4) is 0 Å². The largest absolute Gasteiger partial charge is 0.271 e. The highest BCUT2D eigenvalue weighted by molar-refractivity contribution is 5.29. The molecular formula is C15H24N2. The fourth-order valence-electron chi connectivity index (χ4n) is 3.16.